The van der Waals surface area contributed by atoms with E-state index in [9.17, 15) is 4.79 Å². The smallest absolute Gasteiger partial charge is 0.211 e. The van der Waals surface area contributed by atoms with E-state index in [1.807, 2.05) is 17.8 Å². The molecular formula is C16H18ClNOS. The quantitative estimate of drug-likeness (QED) is 0.600. The van der Waals surface area contributed by atoms with E-state index in [0.29, 0.717) is 5.92 Å². The van der Waals surface area contributed by atoms with Crippen molar-refractivity contribution in [2.45, 2.75) is 43.6 Å². The van der Waals surface area contributed by atoms with E-state index in [1.54, 1.807) is 6.08 Å². The maximum absolute atomic E-state index is 10.7. The van der Waals surface area contributed by atoms with Crippen LogP contribution in [0.25, 0.3) is 0 Å². The molecule has 0 N–H and O–H groups in total. The molecule has 1 aromatic carbocycles. The summed E-state index contributed by atoms with van der Waals surface area (Å²) in [6, 6.07) is 6.29. The van der Waals surface area contributed by atoms with Gasteiger partial charge in [0.05, 0.1) is 5.54 Å². The number of benzene rings is 1. The summed E-state index contributed by atoms with van der Waals surface area (Å²) in [5.41, 5.74) is 2.00. The molecule has 2 nitrogen and oxygen atoms in total. The zero-order valence-corrected chi connectivity index (χ0v) is 13.0. The lowest BCUT2D eigenvalue weighted by Gasteiger charge is -2.37. The molecule has 1 aliphatic carbocycles. The Balaban J connectivity index is 1.89. The number of nitrogens with zero attached hydrogens (tertiary/aromatic N) is 1. The fourth-order valence-corrected chi connectivity index (χ4v) is 4.66. The highest BCUT2D eigenvalue weighted by Gasteiger charge is 2.39. The van der Waals surface area contributed by atoms with E-state index >= 15 is 0 Å². The molecule has 106 valence electrons. The molecule has 0 amide bonds. The summed E-state index contributed by atoms with van der Waals surface area (Å²) in [5.74, 6) is 3.04. The molecule has 2 aliphatic rings. The Labute approximate surface area is 129 Å². The predicted molar refractivity (Wildman–Crippen MR) is 84.4 cm³/mol. The number of isocyanates is 1. The molecule has 1 aromatic rings. The Morgan fingerprint density at radius 3 is 2.60 bits per heavy atom. The minimum absolute atomic E-state index is 0.341. The topological polar surface area (TPSA) is 29.4 Å². The number of halogens is 1. The van der Waals surface area contributed by atoms with Crippen LogP contribution in [0.15, 0.2) is 23.2 Å². The van der Waals surface area contributed by atoms with E-state index in [2.05, 4.69) is 17.1 Å². The van der Waals surface area contributed by atoms with Gasteiger partial charge in [-0.25, -0.2) is 4.79 Å². The largest absolute Gasteiger partial charge is 0.235 e. The van der Waals surface area contributed by atoms with Gasteiger partial charge in [0.15, 0.2) is 0 Å². The third-order valence-electron chi connectivity index (χ3n) is 4.64. The predicted octanol–water partition coefficient (Wildman–Crippen LogP) is 4.67. The summed E-state index contributed by atoms with van der Waals surface area (Å²) >= 11 is 8.53. The van der Waals surface area contributed by atoms with Crippen molar-refractivity contribution in [1.82, 2.24) is 0 Å². The van der Waals surface area contributed by atoms with Gasteiger partial charge in [0.25, 0.3) is 0 Å². The Hall–Kier alpha value is -0.760. The van der Waals surface area contributed by atoms with Gasteiger partial charge >= 0.3 is 0 Å². The van der Waals surface area contributed by atoms with Crippen LogP contribution in [0.5, 0.6) is 0 Å². The van der Waals surface area contributed by atoms with Gasteiger partial charge in [0.1, 0.15) is 0 Å². The molecule has 0 bridgehead atoms. The number of aliphatic imine (C=N–C) groups is 1. The van der Waals surface area contributed by atoms with Crippen molar-refractivity contribution in [1.29, 1.82) is 0 Å². The molecule has 0 unspecified atom stereocenters. The van der Waals surface area contributed by atoms with Crippen LogP contribution in [0.1, 0.15) is 49.1 Å². The Kier molecular flexibility index (Phi) is 4.21. The van der Waals surface area contributed by atoms with Gasteiger partial charge in [-0.05, 0) is 66.7 Å². The number of hydrogen-bond acceptors (Lipinski definition) is 3. The SMILES string of the molecule is O=C=NC1(c2ccc(C3CCSCC3)c(Cl)c2)CCC1. The van der Waals surface area contributed by atoms with E-state index in [4.69, 9.17) is 11.6 Å². The lowest BCUT2D eigenvalue weighted by molar-refractivity contribution is 0.256. The van der Waals surface area contributed by atoms with Crippen LogP contribution in [0.4, 0.5) is 0 Å². The zero-order valence-electron chi connectivity index (χ0n) is 11.4. The third-order valence-corrected chi connectivity index (χ3v) is 6.02. The average molecular weight is 308 g/mol. The van der Waals surface area contributed by atoms with Gasteiger partial charge < -0.3 is 0 Å². The van der Waals surface area contributed by atoms with Gasteiger partial charge in [0, 0.05) is 5.02 Å². The summed E-state index contributed by atoms with van der Waals surface area (Å²) in [4.78, 5) is 14.7. The first-order chi connectivity index (χ1) is 9.75. The lowest BCUT2D eigenvalue weighted by Crippen LogP contribution is -2.31. The van der Waals surface area contributed by atoms with Crippen LogP contribution in [0.2, 0.25) is 5.02 Å². The summed E-state index contributed by atoms with van der Waals surface area (Å²) < 4.78 is 0. The zero-order chi connectivity index (χ0) is 14.0. The van der Waals surface area contributed by atoms with Gasteiger partial charge in [-0.3, -0.25) is 0 Å². The fraction of sp³-hybridized carbons (Fsp3) is 0.562. The Morgan fingerprint density at radius 2 is 2.05 bits per heavy atom. The molecule has 0 spiro atoms. The molecule has 1 heterocycles. The first kappa shape index (κ1) is 14.2. The number of rotatable bonds is 3. The second-order valence-corrected chi connectivity index (χ2v) is 7.34. The van der Waals surface area contributed by atoms with Crippen molar-refractivity contribution in [2.24, 2.45) is 4.99 Å². The molecule has 0 aromatic heterocycles. The minimum Gasteiger partial charge on any atom is -0.211 e. The summed E-state index contributed by atoms with van der Waals surface area (Å²) in [6.45, 7) is 0. The van der Waals surface area contributed by atoms with Crippen molar-refractivity contribution in [3.8, 4) is 0 Å². The van der Waals surface area contributed by atoms with Crippen LogP contribution in [-0.4, -0.2) is 17.6 Å². The highest BCUT2D eigenvalue weighted by atomic mass is 35.5. The molecule has 0 atom stereocenters. The van der Waals surface area contributed by atoms with Gasteiger partial charge in [-0.1, -0.05) is 23.7 Å². The summed E-state index contributed by atoms with van der Waals surface area (Å²) in [5, 5.41) is 0.840. The highest BCUT2D eigenvalue weighted by molar-refractivity contribution is 7.99. The van der Waals surface area contributed by atoms with Crippen molar-refractivity contribution in [3.05, 3.63) is 34.3 Å². The number of hydrogen-bond donors (Lipinski definition) is 0. The molecule has 2 fully saturated rings. The standard InChI is InChI=1S/C16H18ClNOS/c17-15-10-13(16(18-11-19)6-1-7-16)2-3-14(15)12-4-8-20-9-5-12/h2-3,10,12H,1,4-9H2. The molecule has 1 aliphatic heterocycles. The molecular weight excluding hydrogens is 290 g/mol. The van der Waals surface area contributed by atoms with Crippen LogP contribution in [0, 0.1) is 0 Å². The van der Waals surface area contributed by atoms with E-state index < -0.39 is 0 Å². The van der Waals surface area contributed by atoms with E-state index in [0.717, 1.165) is 29.8 Å². The summed E-state index contributed by atoms with van der Waals surface area (Å²) in [6.07, 6.45) is 7.13. The second kappa shape index (κ2) is 5.93. The van der Waals surface area contributed by atoms with Crippen molar-refractivity contribution in [2.75, 3.05) is 11.5 Å². The third kappa shape index (κ3) is 2.55. The van der Waals surface area contributed by atoms with Crippen molar-refractivity contribution in [3.63, 3.8) is 0 Å². The normalized spacial score (nSPS) is 21.9. The van der Waals surface area contributed by atoms with Crippen molar-refractivity contribution >= 4 is 29.4 Å². The molecule has 1 saturated carbocycles. The monoisotopic (exact) mass is 307 g/mol. The number of carbonyl (C=O) groups excluding carboxylic acids is 1. The maximum atomic E-state index is 10.7. The van der Waals surface area contributed by atoms with Crippen LogP contribution >= 0.6 is 23.4 Å². The van der Waals surface area contributed by atoms with Crippen LogP contribution in [-0.2, 0) is 10.3 Å². The first-order valence-corrected chi connectivity index (χ1v) is 8.75. The Morgan fingerprint density at radius 1 is 1.30 bits per heavy atom. The lowest BCUT2D eigenvalue weighted by atomic mass is 9.72. The summed E-state index contributed by atoms with van der Waals surface area (Å²) in [7, 11) is 0. The van der Waals surface area contributed by atoms with Gasteiger partial charge in [0.2, 0.25) is 6.08 Å². The Bertz CT molecular complexity index is 543. The van der Waals surface area contributed by atoms with Crippen molar-refractivity contribution < 1.29 is 4.79 Å². The van der Waals surface area contributed by atoms with E-state index in [1.165, 1.54) is 29.9 Å². The van der Waals surface area contributed by atoms with Crippen LogP contribution in [0.3, 0.4) is 0 Å². The molecule has 0 radical (unpaired) electrons. The van der Waals surface area contributed by atoms with Gasteiger partial charge in [-0.2, -0.15) is 16.8 Å². The minimum atomic E-state index is -0.341. The molecule has 1 saturated heterocycles. The number of thioether (sulfide) groups is 1. The van der Waals surface area contributed by atoms with E-state index in [-0.39, 0.29) is 5.54 Å². The molecule has 20 heavy (non-hydrogen) atoms. The van der Waals surface area contributed by atoms with Gasteiger partial charge in [-0.15, -0.1) is 0 Å². The second-order valence-electron chi connectivity index (χ2n) is 5.71. The first-order valence-electron chi connectivity index (χ1n) is 7.22. The molecule has 3 rings (SSSR count). The molecule has 4 heteroatoms. The van der Waals surface area contributed by atoms with Crippen LogP contribution < -0.4 is 0 Å². The highest BCUT2D eigenvalue weighted by Crippen LogP contribution is 2.46. The average Bonchev–Trinajstić information content (AvgIpc) is 2.44. The fourth-order valence-electron chi connectivity index (χ4n) is 3.22. The maximum Gasteiger partial charge on any atom is 0.235 e.